The number of carbonyl (C=O) groups excluding carboxylic acids is 2. The molecule has 5 aromatic heterocycles. The number of nitrogens with one attached hydrogen (secondary N) is 6. The van der Waals surface area contributed by atoms with Crippen molar-refractivity contribution in [2.75, 3.05) is 80.4 Å². The van der Waals surface area contributed by atoms with Gasteiger partial charge in [-0.15, -0.1) is 35.1 Å². The maximum atomic E-state index is 12.9. The fourth-order valence-electron chi connectivity index (χ4n) is 8.88. The average molecular weight is 1120 g/mol. The lowest BCUT2D eigenvalue weighted by Gasteiger charge is -2.18. The second kappa shape index (κ2) is 23.6. The van der Waals surface area contributed by atoms with Crippen molar-refractivity contribution < 1.29 is 38.4 Å². The number of aromatic nitrogens is 8. The van der Waals surface area contributed by atoms with Gasteiger partial charge in [-0.2, -0.15) is 19.9 Å². The molecule has 4 aromatic carbocycles. The summed E-state index contributed by atoms with van der Waals surface area (Å²) in [6.45, 7) is 2.88. The van der Waals surface area contributed by atoms with Gasteiger partial charge >= 0.3 is 11.7 Å². The first kappa shape index (κ1) is 54.0. The van der Waals surface area contributed by atoms with Crippen LogP contribution in [0.5, 0.6) is 23.0 Å². The van der Waals surface area contributed by atoms with Crippen LogP contribution in [0.3, 0.4) is 0 Å². The van der Waals surface area contributed by atoms with Crippen molar-refractivity contribution in [3.63, 3.8) is 0 Å². The van der Waals surface area contributed by atoms with Crippen molar-refractivity contribution in [2.45, 2.75) is 31.3 Å². The molecule has 0 aliphatic carbocycles. The van der Waals surface area contributed by atoms with Gasteiger partial charge in [-0.3, -0.25) is 9.59 Å². The highest BCUT2D eigenvalue weighted by Gasteiger charge is 2.28. The topological polar surface area (TPSA) is 315 Å². The number of nitrogens with two attached hydrogens (primary N) is 1. The van der Waals surface area contributed by atoms with E-state index in [4.69, 9.17) is 44.7 Å². The molecule has 2 atom stereocenters. The number of carboxylic acid groups (broad SMARTS) is 1. The first-order valence-corrected chi connectivity index (χ1v) is 25.8. The minimum atomic E-state index is -0.982. The number of aromatic carboxylic acids is 1. The molecule has 0 saturated carbocycles. The minimum absolute atomic E-state index is 0. The van der Waals surface area contributed by atoms with Gasteiger partial charge in [-0.25, -0.2) is 19.6 Å². The monoisotopic (exact) mass is 1120 g/mol. The van der Waals surface area contributed by atoms with E-state index in [-0.39, 0.29) is 47.6 Å². The number of rotatable bonds is 13. The van der Waals surface area contributed by atoms with E-state index in [0.29, 0.717) is 93.8 Å². The molecular formula is C51H52ClN15O9S2. The molecule has 404 valence electrons. The quantitative estimate of drug-likeness (QED) is 0.0594. The second-order valence-corrected chi connectivity index (χ2v) is 19.5. The molecular weight excluding hydrogens is 1070 g/mol. The Morgan fingerprint density at radius 2 is 1.24 bits per heavy atom. The van der Waals surface area contributed by atoms with Crippen molar-refractivity contribution in [1.82, 2.24) is 45.2 Å². The van der Waals surface area contributed by atoms with Crippen LogP contribution in [0.2, 0.25) is 0 Å². The van der Waals surface area contributed by atoms with Crippen LogP contribution in [0, 0.1) is 0 Å². The van der Waals surface area contributed by atoms with Crippen molar-refractivity contribution in [2.24, 2.45) is 5.73 Å². The van der Waals surface area contributed by atoms with Crippen molar-refractivity contribution in [3.05, 3.63) is 111 Å². The summed E-state index contributed by atoms with van der Waals surface area (Å²) in [7, 11) is 6.40. The second-order valence-electron chi connectivity index (χ2n) is 17.8. The Balaban J connectivity index is 0.000000159. The fraction of sp³-hybridized carbons (Fsp3) is 0.255. The number of benzene rings is 4. The maximum Gasteiger partial charge on any atom is 0.335 e. The third kappa shape index (κ3) is 11.9. The SMILES string of the molecule is COc1ccc(Nc2nc(N3CCC(N)C3)nc3scnc23)cc1OC.COc1ccc(Nc2nc(N3CCC(NC(=O)c4ccc5[nH]c(=O)[nH]c5c4)C3)nc3scnc23)cc1OC.Cl.O=C1Cc2ccc(C(=O)O)cc2N1. The first-order chi connectivity index (χ1) is 37.3. The van der Waals surface area contributed by atoms with Gasteiger partial charge in [-0.05, 0) is 73.0 Å². The number of methoxy groups -OCH3 is 4. The summed E-state index contributed by atoms with van der Waals surface area (Å²) in [6.07, 6.45) is 2.04. The third-order valence-corrected chi connectivity index (χ3v) is 14.2. The average Bonchev–Trinajstić information content (AvgIpc) is 4.37. The summed E-state index contributed by atoms with van der Waals surface area (Å²) in [5, 5.41) is 21.0. The minimum Gasteiger partial charge on any atom is -0.493 e. The Bertz CT molecular complexity index is 3740. The standard InChI is InChI=1S/C25H24N8O4S.C17H20N6O2S.C9H7NO3.ClH/c1-36-18-6-4-14(10-19(18)37-2)27-21-20-23(38-12-26-20)32-24(31-21)33-8-7-15(11-33)28-22(34)13-3-5-16-17(9-13)30-25(35)29-16;1-24-12-4-3-11(7-13(12)25-2)20-15-14-16(26-9-19-14)22-17(21-15)23-6-5-10(18)8-23;11-8-4-5-1-2-6(9(12)13)3-7(5)10-8;/h3-6,9-10,12,15H,7-8,11H2,1-2H3,(H,28,34)(H,27,31,32)(H2,29,30,35);3-4,7,9-10H,5-6,8,18H2,1-2H3,(H,20,21,22);1-3H,4H2,(H,10,11)(H,12,13);1H. The lowest BCUT2D eigenvalue weighted by molar-refractivity contribution is -0.115. The van der Waals surface area contributed by atoms with Crippen LogP contribution in [-0.2, 0) is 11.2 Å². The molecule has 78 heavy (non-hydrogen) atoms. The van der Waals surface area contributed by atoms with E-state index in [9.17, 15) is 19.2 Å². The van der Waals surface area contributed by atoms with E-state index in [0.717, 1.165) is 58.0 Å². The zero-order valence-electron chi connectivity index (χ0n) is 42.3. The predicted octanol–water partition coefficient (Wildman–Crippen LogP) is 6.71. The Labute approximate surface area is 458 Å². The van der Waals surface area contributed by atoms with Crippen LogP contribution >= 0.6 is 35.1 Å². The molecule has 9 N–H and O–H groups in total. The van der Waals surface area contributed by atoms with Crippen LogP contribution in [0.15, 0.2) is 88.6 Å². The van der Waals surface area contributed by atoms with Gasteiger partial charge in [0.05, 0.1) is 62.5 Å². The van der Waals surface area contributed by atoms with Gasteiger partial charge in [0, 0.05) is 73.0 Å². The number of carboxylic acids is 1. The summed E-state index contributed by atoms with van der Waals surface area (Å²) < 4.78 is 21.4. The number of carbonyl (C=O) groups is 3. The summed E-state index contributed by atoms with van der Waals surface area (Å²) >= 11 is 2.93. The molecule has 27 heteroatoms. The molecule has 0 radical (unpaired) electrons. The Kier molecular flexibility index (Phi) is 16.3. The molecule has 2 amide bonds. The number of fused-ring (bicyclic) bond motifs is 4. The summed E-state index contributed by atoms with van der Waals surface area (Å²) in [5.74, 6) is 3.77. The number of thiazole rings is 2. The molecule has 2 fully saturated rings. The largest absolute Gasteiger partial charge is 0.493 e. The van der Waals surface area contributed by atoms with Crippen molar-refractivity contribution >= 4 is 125 Å². The summed E-state index contributed by atoms with van der Waals surface area (Å²) in [5.41, 5.74) is 15.7. The van der Waals surface area contributed by atoms with Crippen molar-refractivity contribution in [1.29, 1.82) is 0 Å². The molecule has 9 aromatic rings. The van der Waals surface area contributed by atoms with E-state index >= 15 is 0 Å². The molecule has 3 aliphatic heterocycles. The number of H-pyrrole nitrogens is 2. The lowest BCUT2D eigenvalue weighted by atomic mass is 10.1. The predicted molar refractivity (Wildman–Crippen MR) is 301 cm³/mol. The van der Waals surface area contributed by atoms with E-state index in [1.54, 1.807) is 63.7 Å². The molecule has 0 spiro atoms. The summed E-state index contributed by atoms with van der Waals surface area (Å²) in [4.78, 5) is 84.7. The highest BCUT2D eigenvalue weighted by atomic mass is 35.5. The summed E-state index contributed by atoms with van der Waals surface area (Å²) in [6, 6.07) is 21.0. The Hall–Kier alpha value is -8.85. The van der Waals surface area contributed by atoms with Crippen LogP contribution in [0.25, 0.3) is 31.7 Å². The van der Waals surface area contributed by atoms with E-state index in [2.05, 4.69) is 56.0 Å². The van der Waals surface area contributed by atoms with Gasteiger partial charge in [0.1, 0.15) is 11.0 Å². The number of nitrogens with zero attached hydrogens (tertiary/aromatic N) is 8. The molecule has 2 saturated heterocycles. The molecule has 8 heterocycles. The van der Waals surface area contributed by atoms with Crippen LogP contribution in [0.4, 0.5) is 40.6 Å². The molecule has 2 unspecified atom stereocenters. The smallest absolute Gasteiger partial charge is 0.335 e. The number of hydrogen-bond donors (Lipinski definition) is 8. The Morgan fingerprint density at radius 3 is 1.81 bits per heavy atom. The highest BCUT2D eigenvalue weighted by molar-refractivity contribution is 7.16. The van der Waals surface area contributed by atoms with E-state index < -0.39 is 5.97 Å². The number of halogens is 1. The van der Waals surface area contributed by atoms with Gasteiger partial charge in [0.2, 0.25) is 17.8 Å². The van der Waals surface area contributed by atoms with Gasteiger partial charge < -0.3 is 70.8 Å². The van der Waals surface area contributed by atoms with Crippen LogP contribution < -0.4 is 61.4 Å². The molecule has 24 nitrogen and oxygen atoms in total. The number of hydrogen-bond acceptors (Lipinski definition) is 21. The zero-order valence-corrected chi connectivity index (χ0v) is 44.7. The maximum absolute atomic E-state index is 12.9. The first-order valence-electron chi connectivity index (χ1n) is 24.0. The van der Waals surface area contributed by atoms with Crippen LogP contribution in [-0.4, -0.2) is 129 Å². The van der Waals surface area contributed by atoms with Gasteiger partial charge in [0.25, 0.3) is 5.91 Å². The van der Waals surface area contributed by atoms with E-state index in [1.165, 1.54) is 34.8 Å². The zero-order chi connectivity index (χ0) is 53.7. The number of amides is 2. The van der Waals surface area contributed by atoms with E-state index in [1.807, 2.05) is 36.4 Å². The van der Waals surface area contributed by atoms with Gasteiger partial charge in [-0.1, -0.05) is 6.07 Å². The Morgan fingerprint density at radius 1 is 0.679 bits per heavy atom. The van der Waals surface area contributed by atoms with Gasteiger partial charge in [0.15, 0.2) is 44.3 Å². The molecule has 3 aliphatic rings. The third-order valence-electron chi connectivity index (χ3n) is 12.7. The highest BCUT2D eigenvalue weighted by Crippen LogP contribution is 2.36. The fourth-order valence-corrected chi connectivity index (χ4v) is 10.2. The number of aromatic amines is 2. The number of ether oxygens (including phenoxy) is 4. The number of imidazole rings is 1. The number of anilines is 7. The molecule has 0 bridgehead atoms. The van der Waals surface area contributed by atoms with Crippen molar-refractivity contribution in [3.8, 4) is 23.0 Å². The lowest BCUT2D eigenvalue weighted by Crippen LogP contribution is -2.37. The molecule has 12 rings (SSSR count). The normalized spacial score (nSPS) is 15.3. The van der Waals surface area contributed by atoms with Crippen LogP contribution in [0.1, 0.15) is 39.1 Å².